The molecule has 0 aliphatic heterocycles. The Kier molecular flexibility index (Phi) is 4.99. The molecule has 9 heteroatoms. The summed E-state index contributed by atoms with van der Waals surface area (Å²) in [5.74, 6) is -0.887. The van der Waals surface area contributed by atoms with Gasteiger partial charge < -0.3 is 4.74 Å². The average molecular weight is 330 g/mol. The molecule has 0 spiro atoms. The van der Waals surface area contributed by atoms with Gasteiger partial charge in [0.1, 0.15) is 17.3 Å². The monoisotopic (exact) mass is 330 g/mol. The normalized spacial score (nSPS) is 10.7. The molecule has 0 unspecified atom stereocenters. The molecule has 1 N–H and O–H groups in total. The van der Waals surface area contributed by atoms with Gasteiger partial charge in [0.05, 0.1) is 4.92 Å². The van der Waals surface area contributed by atoms with Crippen LogP contribution in [0.25, 0.3) is 0 Å². The van der Waals surface area contributed by atoms with Gasteiger partial charge in [-0.1, -0.05) is 6.07 Å². The summed E-state index contributed by atoms with van der Waals surface area (Å²) in [5.41, 5.74) is 0.768. The maximum atomic E-state index is 13.3. The first-order valence-corrected chi connectivity index (χ1v) is 6.28. The minimum Gasteiger partial charge on any atom is -0.435 e. The number of rotatable bonds is 6. The quantitative estimate of drug-likeness (QED) is 0.373. The summed E-state index contributed by atoms with van der Waals surface area (Å²) in [6.07, 6.45) is -0.0769. The van der Waals surface area contributed by atoms with E-state index in [0.29, 0.717) is 5.56 Å². The van der Waals surface area contributed by atoms with Crippen LogP contribution in [0.15, 0.2) is 36.4 Å². The zero-order chi connectivity index (χ0) is 17.0. The third kappa shape index (κ3) is 4.09. The molecule has 0 saturated heterocycles. The number of alkyl halides is 2. The lowest BCUT2D eigenvalue weighted by atomic mass is 10.0. The SMILES string of the molecule is O=[N+]([O-])c1ccc(Cc2cc(F)ccc2OC(F)F)cc1NF. The summed E-state index contributed by atoms with van der Waals surface area (Å²) < 4.78 is 54.9. The van der Waals surface area contributed by atoms with Gasteiger partial charge in [-0.3, -0.25) is 10.1 Å². The molecule has 2 aromatic carbocycles. The second-order valence-electron chi connectivity index (χ2n) is 4.51. The van der Waals surface area contributed by atoms with Crippen LogP contribution in [-0.2, 0) is 6.42 Å². The van der Waals surface area contributed by atoms with E-state index < -0.39 is 23.0 Å². The van der Waals surface area contributed by atoms with Crippen molar-refractivity contribution in [1.82, 2.24) is 0 Å². The van der Waals surface area contributed by atoms with E-state index in [-0.39, 0.29) is 23.4 Å². The largest absolute Gasteiger partial charge is 0.435 e. The van der Waals surface area contributed by atoms with Crippen LogP contribution >= 0.6 is 0 Å². The first-order valence-electron chi connectivity index (χ1n) is 6.28. The Morgan fingerprint density at radius 2 is 1.96 bits per heavy atom. The van der Waals surface area contributed by atoms with Crippen molar-refractivity contribution in [3.8, 4) is 5.75 Å². The minimum atomic E-state index is -3.08. The summed E-state index contributed by atoms with van der Waals surface area (Å²) in [7, 11) is 0. The van der Waals surface area contributed by atoms with Crippen molar-refractivity contribution in [2.45, 2.75) is 13.0 Å². The summed E-state index contributed by atoms with van der Waals surface area (Å²) in [6, 6.07) is 6.53. The van der Waals surface area contributed by atoms with E-state index in [0.717, 1.165) is 30.3 Å². The fourth-order valence-electron chi connectivity index (χ4n) is 2.05. The number of nitro benzene ring substituents is 1. The zero-order valence-corrected chi connectivity index (χ0v) is 11.4. The zero-order valence-electron chi connectivity index (χ0n) is 11.4. The topological polar surface area (TPSA) is 64.4 Å². The predicted molar refractivity (Wildman–Crippen MR) is 73.7 cm³/mol. The Morgan fingerprint density at radius 3 is 2.57 bits per heavy atom. The summed E-state index contributed by atoms with van der Waals surface area (Å²) in [5, 5.41) is 10.7. The van der Waals surface area contributed by atoms with Gasteiger partial charge >= 0.3 is 6.61 Å². The Balaban J connectivity index is 2.35. The van der Waals surface area contributed by atoms with Crippen molar-refractivity contribution >= 4 is 11.4 Å². The number of nitrogens with one attached hydrogen (secondary N) is 1. The van der Waals surface area contributed by atoms with Crippen molar-refractivity contribution in [2.24, 2.45) is 0 Å². The number of hydrogen-bond donors (Lipinski definition) is 1. The summed E-state index contributed by atoms with van der Waals surface area (Å²) in [6.45, 7) is -3.08. The molecule has 0 amide bonds. The smallest absolute Gasteiger partial charge is 0.387 e. The molecular formula is C14H10F4N2O3. The van der Waals surface area contributed by atoms with Crippen LogP contribution in [0.2, 0.25) is 0 Å². The van der Waals surface area contributed by atoms with Crippen molar-refractivity contribution in [2.75, 3.05) is 5.54 Å². The fraction of sp³-hybridized carbons (Fsp3) is 0.143. The fourth-order valence-corrected chi connectivity index (χ4v) is 2.05. The van der Waals surface area contributed by atoms with Gasteiger partial charge in [0, 0.05) is 18.1 Å². The second kappa shape index (κ2) is 6.95. The van der Waals surface area contributed by atoms with Gasteiger partial charge in [0.15, 0.2) is 0 Å². The lowest BCUT2D eigenvalue weighted by Gasteiger charge is -2.11. The number of benzene rings is 2. The Bertz CT molecular complexity index is 725. The number of ether oxygens (including phenoxy) is 1. The molecule has 0 fully saturated rings. The van der Waals surface area contributed by atoms with Gasteiger partial charge in [0.2, 0.25) is 0 Å². The maximum absolute atomic E-state index is 13.3. The molecule has 2 rings (SSSR count). The van der Waals surface area contributed by atoms with E-state index in [1.807, 2.05) is 0 Å². The first kappa shape index (κ1) is 16.5. The third-order valence-electron chi connectivity index (χ3n) is 2.99. The molecule has 5 nitrogen and oxygen atoms in total. The number of halogens is 4. The summed E-state index contributed by atoms with van der Waals surface area (Å²) >= 11 is 0. The molecule has 0 saturated carbocycles. The van der Waals surface area contributed by atoms with Crippen molar-refractivity contribution < 1.29 is 27.3 Å². The molecule has 2 aromatic rings. The Morgan fingerprint density at radius 1 is 1.22 bits per heavy atom. The van der Waals surface area contributed by atoms with E-state index >= 15 is 0 Å². The highest BCUT2D eigenvalue weighted by Gasteiger charge is 2.16. The van der Waals surface area contributed by atoms with Crippen LogP contribution in [-0.4, -0.2) is 11.5 Å². The number of anilines is 1. The van der Waals surface area contributed by atoms with Crippen LogP contribution < -0.4 is 10.3 Å². The maximum Gasteiger partial charge on any atom is 0.387 e. The van der Waals surface area contributed by atoms with Crippen LogP contribution in [0.3, 0.4) is 0 Å². The molecule has 0 bridgehead atoms. The van der Waals surface area contributed by atoms with Gasteiger partial charge in [-0.25, -0.2) is 9.93 Å². The van der Waals surface area contributed by atoms with Gasteiger partial charge in [0.25, 0.3) is 5.69 Å². The highest BCUT2D eigenvalue weighted by atomic mass is 19.3. The van der Waals surface area contributed by atoms with Crippen LogP contribution in [0, 0.1) is 15.9 Å². The summed E-state index contributed by atoms with van der Waals surface area (Å²) in [4.78, 5) is 9.94. The van der Waals surface area contributed by atoms with E-state index in [2.05, 4.69) is 4.74 Å². The molecule has 0 aliphatic rings. The molecule has 122 valence electrons. The molecule has 23 heavy (non-hydrogen) atoms. The van der Waals surface area contributed by atoms with Gasteiger partial charge in [-0.2, -0.15) is 8.78 Å². The second-order valence-corrected chi connectivity index (χ2v) is 4.51. The van der Waals surface area contributed by atoms with E-state index in [1.54, 1.807) is 0 Å². The van der Waals surface area contributed by atoms with Crippen molar-refractivity contribution in [3.63, 3.8) is 0 Å². The standard InChI is InChI=1S/C14H10F4N2O3/c15-10-2-4-13(23-14(16)17)9(7-10)5-8-1-3-12(20(21)22)11(6-8)19-18/h1-4,6-7,14,19H,5H2. The molecule has 0 atom stereocenters. The first-order chi connectivity index (χ1) is 10.9. The van der Waals surface area contributed by atoms with E-state index in [9.17, 15) is 27.8 Å². The number of hydrogen-bond acceptors (Lipinski definition) is 4. The van der Waals surface area contributed by atoms with Gasteiger partial charge in [-0.05, 0) is 29.8 Å². The lowest BCUT2D eigenvalue weighted by Crippen LogP contribution is -2.05. The molecule has 0 heterocycles. The molecule has 0 aromatic heterocycles. The van der Waals surface area contributed by atoms with E-state index in [1.165, 1.54) is 11.6 Å². The van der Waals surface area contributed by atoms with Crippen molar-refractivity contribution in [1.29, 1.82) is 0 Å². The third-order valence-corrected chi connectivity index (χ3v) is 2.99. The molecule has 0 radical (unpaired) electrons. The number of nitrogens with zero attached hydrogens (tertiary/aromatic N) is 1. The van der Waals surface area contributed by atoms with Gasteiger partial charge in [-0.15, -0.1) is 4.48 Å². The van der Waals surface area contributed by atoms with Crippen LogP contribution in [0.4, 0.5) is 29.0 Å². The van der Waals surface area contributed by atoms with Crippen LogP contribution in [0.1, 0.15) is 11.1 Å². The molecular weight excluding hydrogens is 320 g/mol. The highest BCUT2D eigenvalue weighted by molar-refractivity contribution is 5.62. The van der Waals surface area contributed by atoms with Crippen molar-refractivity contribution in [3.05, 3.63) is 63.5 Å². The number of nitro groups is 1. The molecule has 0 aliphatic carbocycles. The van der Waals surface area contributed by atoms with E-state index in [4.69, 9.17) is 0 Å². The average Bonchev–Trinajstić information content (AvgIpc) is 2.49. The van der Waals surface area contributed by atoms with Crippen LogP contribution in [0.5, 0.6) is 5.75 Å². The lowest BCUT2D eigenvalue weighted by molar-refractivity contribution is -0.384. The Hall–Kier alpha value is -2.84. The highest BCUT2D eigenvalue weighted by Crippen LogP contribution is 2.29. The predicted octanol–water partition coefficient (Wildman–Crippen LogP) is 4.22. The minimum absolute atomic E-state index is 0.0769. The Labute approximate surface area is 127 Å².